The quantitative estimate of drug-likeness (QED) is 0.173. The van der Waals surface area contributed by atoms with Crippen molar-refractivity contribution in [3.63, 3.8) is 0 Å². The summed E-state index contributed by atoms with van der Waals surface area (Å²) in [6, 6.07) is 0. The van der Waals surface area contributed by atoms with Crippen molar-refractivity contribution in [2.45, 2.75) is 10.7 Å². The Labute approximate surface area is 94.5 Å². The van der Waals surface area contributed by atoms with Gasteiger partial charge in [0.1, 0.15) is 5.37 Å². The highest BCUT2D eigenvalue weighted by Gasteiger charge is 2.19. The van der Waals surface area contributed by atoms with Crippen molar-refractivity contribution in [2.75, 3.05) is 7.11 Å². The summed E-state index contributed by atoms with van der Waals surface area (Å²) in [6.45, 7) is 0. The second kappa shape index (κ2) is 7.18. The summed E-state index contributed by atoms with van der Waals surface area (Å²) >= 11 is 5.25. The minimum atomic E-state index is -0.752. The average Bonchev–Trinajstić information content (AvgIpc) is 2.16. The number of nitrogens with two attached hydrogens (primary N) is 2. The van der Waals surface area contributed by atoms with Gasteiger partial charge in [0.05, 0.1) is 7.11 Å². The van der Waals surface area contributed by atoms with Gasteiger partial charge >= 0.3 is 0 Å². The van der Waals surface area contributed by atoms with Gasteiger partial charge in [-0.15, -0.1) is 0 Å². The molecule has 1 amide bonds. The predicted octanol–water partition coefficient (Wildman–Crippen LogP) is -0.169. The largest absolute Gasteiger partial charge is 0.483 e. The summed E-state index contributed by atoms with van der Waals surface area (Å²) in [7, 11) is 3.45. The van der Waals surface area contributed by atoms with Crippen LogP contribution in [0.3, 0.4) is 0 Å². The lowest BCUT2D eigenvalue weighted by molar-refractivity contribution is -0.117. The molecule has 0 spiro atoms. The van der Waals surface area contributed by atoms with Gasteiger partial charge in [-0.1, -0.05) is 21.6 Å². The van der Waals surface area contributed by atoms with Crippen LogP contribution in [0.1, 0.15) is 0 Å². The summed E-state index contributed by atoms with van der Waals surface area (Å²) in [5, 5.41) is 5.79. The molecule has 0 aliphatic carbocycles. The second-order valence-corrected chi connectivity index (χ2v) is 4.81. The maximum absolute atomic E-state index is 10.7. The number of amides is 1. The Bertz CT molecular complexity index is 218. The van der Waals surface area contributed by atoms with E-state index in [0.717, 1.165) is 21.6 Å². The number of methoxy groups -OCH3 is 1. The lowest BCUT2D eigenvalue weighted by atomic mass is 10.6. The van der Waals surface area contributed by atoms with Crippen molar-refractivity contribution in [2.24, 2.45) is 11.5 Å². The third kappa shape index (κ3) is 4.91. The summed E-state index contributed by atoms with van der Waals surface area (Å²) in [5.41, 5.74) is 10.5. The highest BCUT2D eigenvalue weighted by molar-refractivity contribution is 8.77. The minimum absolute atomic E-state index is 0.0831. The van der Waals surface area contributed by atoms with E-state index < -0.39 is 16.7 Å². The molecule has 2 atom stereocenters. The van der Waals surface area contributed by atoms with Crippen LogP contribution in [0.2, 0.25) is 0 Å². The van der Waals surface area contributed by atoms with Crippen LogP contribution in [0.5, 0.6) is 0 Å². The summed E-state index contributed by atoms with van der Waals surface area (Å²) in [4.78, 5) is 12.9. The number of nitrogens with one attached hydrogen (secondary N) is 2. The number of hydrogen-bond donors (Lipinski definition) is 4. The van der Waals surface area contributed by atoms with Gasteiger partial charge in [0, 0.05) is 0 Å². The zero-order valence-electron chi connectivity index (χ0n) is 7.32. The van der Waals surface area contributed by atoms with Gasteiger partial charge in [0.2, 0.25) is 11.8 Å². The molecule has 2 unspecified atom stereocenters. The Kier molecular flexibility index (Phi) is 7.11. The molecular weight excluding hydrogens is 248 g/mol. The molecule has 0 saturated heterocycles. The fourth-order valence-electron chi connectivity index (χ4n) is 0.395. The van der Waals surface area contributed by atoms with E-state index in [-0.39, 0.29) is 5.90 Å². The van der Waals surface area contributed by atoms with Crippen molar-refractivity contribution in [1.82, 2.24) is 4.84 Å². The van der Waals surface area contributed by atoms with E-state index >= 15 is 0 Å². The third-order valence-electron chi connectivity index (χ3n) is 1.09. The molecule has 0 fully saturated rings. The molecule has 0 radical (unpaired) electrons. The van der Waals surface area contributed by atoms with Gasteiger partial charge in [-0.3, -0.25) is 10.2 Å². The molecule has 0 aromatic rings. The Hall–Kier alpha value is -0.150. The highest BCUT2D eigenvalue weighted by atomic mass is 35.5. The summed E-state index contributed by atoms with van der Waals surface area (Å²) in [6.07, 6.45) is 0. The lowest BCUT2D eigenvalue weighted by Crippen LogP contribution is -2.34. The molecule has 9 heteroatoms. The molecule has 14 heavy (non-hydrogen) atoms. The normalized spacial score (nSPS) is 14.5. The first kappa shape index (κ1) is 13.8. The van der Waals surface area contributed by atoms with E-state index in [1.165, 1.54) is 7.11 Å². The Morgan fingerprint density at radius 3 is 2.57 bits per heavy atom. The van der Waals surface area contributed by atoms with Gasteiger partial charge in [0.15, 0.2) is 5.37 Å². The van der Waals surface area contributed by atoms with Gasteiger partial charge in [-0.25, -0.2) is 4.84 Å². The number of carbonyl (C=O) groups is 1. The minimum Gasteiger partial charge on any atom is -0.483 e. The summed E-state index contributed by atoms with van der Waals surface area (Å²) in [5.74, 6) is -0.686. The number of halogens is 1. The zero-order chi connectivity index (χ0) is 11.1. The molecule has 0 saturated carbocycles. The molecular formula is C5H11ClN4O2S2. The van der Waals surface area contributed by atoms with Crippen LogP contribution in [0, 0.1) is 5.41 Å². The number of hydrogen-bond acceptors (Lipinski definition) is 7. The van der Waals surface area contributed by atoms with Crippen molar-refractivity contribution in [1.29, 1.82) is 5.41 Å². The monoisotopic (exact) mass is 258 g/mol. The van der Waals surface area contributed by atoms with Crippen LogP contribution in [-0.4, -0.2) is 29.7 Å². The Morgan fingerprint density at radius 2 is 2.21 bits per heavy atom. The first-order valence-electron chi connectivity index (χ1n) is 3.38. The molecule has 0 heterocycles. The van der Waals surface area contributed by atoms with Crippen LogP contribution in [-0.2, 0) is 9.53 Å². The van der Waals surface area contributed by atoms with Crippen molar-refractivity contribution < 1.29 is 9.53 Å². The lowest BCUT2D eigenvalue weighted by Gasteiger charge is -2.13. The molecule has 6 N–H and O–H groups in total. The second-order valence-electron chi connectivity index (χ2n) is 2.07. The van der Waals surface area contributed by atoms with E-state index in [1.54, 1.807) is 0 Å². The number of ether oxygens (including phenoxy) is 1. The summed E-state index contributed by atoms with van der Waals surface area (Å²) < 4.78 is 4.59. The average molecular weight is 259 g/mol. The van der Waals surface area contributed by atoms with Gasteiger partial charge in [0.25, 0.3) is 0 Å². The van der Waals surface area contributed by atoms with E-state index in [2.05, 4.69) is 9.57 Å². The fraction of sp³-hybridized carbons (Fsp3) is 0.600. The third-order valence-corrected chi connectivity index (χ3v) is 4.05. The molecule has 0 aliphatic heterocycles. The van der Waals surface area contributed by atoms with E-state index in [1.807, 2.05) is 0 Å². The highest BCUT2D eigenvalue weighted by Crippen LogP contribution is 2.28. The SMILES string of the molecule is COC(=N)C(N)SSC(NCl)C(N)=O. The smallest absolute Gasteiger partial charge is 0.246 e. The molecule has 82 valence electrons. The molecule has 0 aliphatic rings. The van der Waals surface area contributed by atoms with E-state index in [0.29, 0.717) is 0 Å². The topological polar surface area (TPSA) is 114 Å². The van der Waals surface area contributed by atoms with E-state index in [9.17, 15) is 4.79 Å². The van der Waals surface area contributed by atoms with Gasteiger partial charge in [-0.05, 0) is 11.8 Å². The maximum Gasteiger partial charge on any atom is 0.246 e. The van der Waals surface area contributed by atoms with Crippen LogP contribution in [0.25, 0.3) is 0 Å². The van der Waals surface area contributed by atoms with Gasteiger partial charge in [-0.2, -0.15) is 0 Å². The molecule has 0 bridgehead atoms. The van der Waals surface area contributed by atoms with Crippen molar-refractivity contribution in [3.8, 4) is 0 Å². The first-order chi connectivity index (χ1) is 6.52. The molecule has 0 aromatic carbocycles. The molecule has 0 rings (SSSR count). The standard InChI is InChI=1S/C5H11ClN4O2S2/c1-12-3(8)4(9)13-14-5(10-6)2(7)11/h4-5,8,10H,9H2,1H3,(H2,7,11). The van der Waals surface area contributed by atoms with Crippen molar-refractivity contribution in [3.05, 3.63) is 0 Å². The van der Waals surface area contributed by atoms with Gasteiger partial charge < -0.3 is 16.2 Å². The van der Waals surface area contributed by atoms with Crippen LogP contribution >= 0.6 is 33.4 Å². The van der Waals surface area contributed by atoms with Crippen molar-refractivity contribution >= 4 is 45.2 Å². The van der Waals surface area contributed by atoms with Crippen LogP contribution in [0.4, 0.5) is 0 Å². The maximum atomic E-state index is 10.7. The number of primary amides is 1. The first-order valence-corrected chi connectivity index (χ1v) is 6.04. The van der Waals surface area contributed by atoms with Crippen LogP contribution in [0.15, 0.2) is 0 Å². The number of carbonyl (C=O) groups excluding carboxylic acids is 1. The predicted molar refractivity (Wildman–Crippen MR) is 59.9 cm³/mol. The Balaban J connectivity index is 3.91. The number of rotatable bonds is 6. The molecule has 6 nitrogen and oxygen atoms in total. The zero-order valence-corrected chi connectivity index (χ0v) is 9.71. The Morgan fingerprint density at radius 1 is 1.64 bits per heavy atom. The fourth-order valence-corrected chi connectivity index (χ4v) is 2.72. The van der Waals surface area contributed by atoms with Crippen LogP contribution < -0.4 is 16.3 Å². The molecule has 0 aromatic heterocycles. The van der Waals surface area contributed by atoms with E-state index in [4.69, 9.17) is 28.7 Å².